The highest BCUT2D eigenvalue weighted by atomic mass is 32.1. The SMILES string of the molecule is Cc1cccc(C)c1OCc1nn2c(-c3oc4ccccc4c3C)nnc2s1. The lowest BCUT2D eigenvalue weighted by atomic mass is 10.1. The van der Waals surface area contributed by atoms with E-state index in [1.165, 1.54) is 11.3 Å². The molecule has 0 fully saturated rings. The van der Waals surface area contributed by atoms with Crippen molar-refractivity contribution in [3.63, 3.8) is 0 Å². The first kappa shape index (κ1) is 16.9. The maximum atomic E-state index is 6.03. The molecule has 5 aromatic rings. The van der Waals surface area contributed by atoms with Gasteiger partial charge < -0.3 is 9.15 Å². The van der Waals surface area contributed by atoms with Crippen LogP contribution in [0.1, 0.15) is 21.7 Å². The average molecular weight is 390 g/mol. The van der Waals surface area contributed by atoms with Crippen molar-refractivity contribution in [2.24, 2.45) is 0 Å². The molecule has 0 aliphatic rings. The highest BCUT2D eigenvalue weighted by Gasteiger charge is 2.20. The van der Waals surface area contributed by atoms with Crippen molar-refractivity contribution in [1.29, 1.82) is 0 Å². The number of fused-ring (bicyclic) bond motifs is 2. The predicted molar refractivity (Wildman–Crippen MR) is 109 cm³/mol. The van der Waals surface area contributed by atoms with Crippen LogP contribution in [0.5, 0.6) is 5.75 Å². The van der Waals surface area contributed by atoms with Crippen molar-refractivity contribution in [3.05, 3.63) is 64.2 Å². The molecule has 28 heavy (non-hydrogen) atoms. The molecular formula is C21H18N4O2S. The Morgan fingerprint density at radius 3 is 2.57 bits per heavy atom. The van der Waals surface area contributed by atoms with Crippen LogP contribution >= 0.6 is 11.3 Å². The number of nitrogens with zero attached hydrogens (tertiary/aromatic N) is 4. The standard InChI is InChI=1S/C21H18N4O2S/c1-12-7-6-8-13(2)18(12)26-11-17-24-25-20(22-23-21(25)28-17)19-14(3)15-9-4-5-10-16(15)27-19/h4-10H,11H2,1-3H3. The molecule has 0 atom stereocenters. The Balaban J connectivity index is 1.49. The van der Waals surface area contributed by atoms with E-state index < -0.39 is 0 Å². The predicted octanol–water partition coefficient (Wildman–Crippen LogP) is 5.10. The van der Waals surface area contributed by atoms with Crippen LogP contribution in [0.15, 0.2) is 46.9 Å². The number of hydrogen-bond donors (Lipinski definition) is 0. The largest absolute Gasteiger partial charge is 0.486 e. The minimum Gasteiger partial charge on any atom is -0.486 e. The number of hydrogen-bond acceptors (Lipinski definition) is 6. The van der Waals surface area contributed by atoms with E-state index in [2.05, 4.69) is 15.3 Å². The minimum atomic E-state index is 0.387. The second kappa shape index (κ2) is 6.45. The molecule has 5 rings (SSSR count). The Bertz CT molecular complexity index is 1290. The summed E-state index contributed by atoms with van der Waals surface area (Å²) in [5.41, 5.74) is 4.09. The van der Waals surface area contributed by atoms with Crippen LogP contribution in [0.4, 0.5) is 0 Å². The van der Waals surface area contributed by atoms with Gasteiger partial charge in [0.15, 0.2) is 10.8 Å². The maximum Gasteiger partial charge on any atom is 0.235 e. The summed E-state index contributed by atoms with van der Waals surface area (Å²) in [6, 6.07) is 14.1. The summed E-state index contributed by atoms with van der Waals surface area (Å²) in [4.78, 5) is 0.718. The van der Waals surface area contributed by atoms with Crippen molar-refractivity contribution in [3.8, 4) is 17.3 Å². The fourth-order valence-corrected chi connectivity index (χ4v) is 4.15. The van der Waals surface area contributed by atoms with Crippen molar-refractivity contribution in [2.45, 2.75) is 27.4 Å². The van der Waals surface area contributed by atoms with Gasteiger partial charge >= 0.3 is 0 Å². The normalized spacial score (nSPS) is 11.5. The molecule has 0 aliphatic heterocycles. The summed E-state index contributed by atoms with van der Waals surface area (Å²) in [5, 5.41) is 15.1. The first-order valence-electron chi connectivity index (χ1n) is 9.00. The van der Waals surface area contributed by atoms with Crippen LogP contribution in [0.25, 0.3) is 27.5 Å². The highest BCUT2D eigenvalue weighted by molar-refractivity contribution is 7.16. The summed E-state index contributed by atoms with van der Waals surface area (Å²) < 4.78 is 13.8. The molecule has 0 saturated carbocycles. The first-order valence-corrected chi connectivity index (χ1v) is 9.82. The lowest BCUT2D eigenvalue weighted by molar-refractivity contribution is 0.300. The van der Waals surface area contributed by atoms with Gasteiger partial charge in [-0.05, 0) is 38.0 Å². The molecule has 0 saturated heterocycles. The quantitative estimate of drug-likeness (QED) is 0.427. The second-order valence-electron chi connectivity index (χ2n) is 6.78. The highest BCUT2D eigenvalue weighted by Crippen LogP contribution is 2.33. The molecule has 0 unspecified atom stereocenters. The first-order chi connectivity index (χ1) is 13.6. The zero-order chi connectivity index (χ0) is 19.3. The molecule has 0 amide bonds. The van der Waals surface area contributed by atoms with Crippen LogP contribution in [0.3, 0.4) is 0 Å². The number of aromatic nitrogens is 4. The van der Waals surface area contributed by atoms with E-state index in [9.17, 15) is 0 Å². The fourth-order valence-electron chi connectivity index (χ4n) is 3.40. The summed E-state index contributed by atoms with van der Waals surface area (Å²) in [6.07, 6.45) is 0. The Labute approximate surface area is 165 Å². The van der Waals surface area contributed by atoms with E-state index in [0.717, 1.165) is 43.4 Å². The number of para-hydroxylation sites is 2. The third-order valence-corrected chi connectivity index (χ3v) is 5.70. The molecule has 3 aromatic heterocycles. The summed E-state index contributed by atoms with van der Waals surface area (Å²) >= 11 is 1.47. The summed E-state index contributed by atoms with van der Waals surface area (Å²) in [7, 11) is 0. The van der Waals surface area contributed by atoms with Gasteiger partial charge in [0, 0.05) is 10.9 Å². The van der Waals surface area contributed by atoms with Crippen LogP contribution in [0.2, 0.25) is 0 Å². The monoisotopic (exact) mass is 390 g/mol. The van der Waals surface area contributed by atoms with E-state index in [1.54, 1.807) is 4.52 Å². The van der Waals surface area contributed by atoms with Gasteiger partial charge in [-0.1, -0.05) is 47.7 Å². The topological polar surface area (TPSA) is 65.5 Å². The van der Waals surface area contributed by atoms with Gasteiger partial charge in [0.25, 0.3) is 0 Å². The number of ether oxygens (including phenoxy) is 1. The van der Waals surface area contributed by atoms with Gasteiger partial charge in [-0.25, -0.2) is 0 Å². The van der Waals surface area contributed by atoms with E-state index in [4.69, 9.17) is 9.15 Å². The summed E-state index contributed by atoms with van der Waals surface area (Å²) in [6.45, 7) is 6.50. The van der Waals surface area contributed by atoms with Gasteiger partial charge in [0.05, 0.1) is 0 Å². The molecule has 7 heteroatoms. The van der Waals surface area contributed by atoms with Gasteiger partial charge in [-0.15, -0.1) is 10.2 Å². The Morgan fingerprint density at radius 2 is 1.79 bits per heavy atom. The molecule has 0 N–H and O–H groups in total. The van der Waals surface area contributed by atoms with E-state index >= 15 is 0 Å². The second-order valence-corrected chi connectivity index (χ2v) is 7.82. The Morgan fingerprint density at radius 1 is 1.00 bits per heavy atom. The molecule has 0 bridgehead atoms. The molecule has 2 aromatic carbocycles. The Hall–Kier alpha value is -3.19. The number of furan rings is 1. The maximum absolute atomic E-state index is 6.03. The number of benzene rings is 2. The van der Waals surface area contributed by atoms with Gasteiger partial charge in [0.2, 0.25) is 10.8 Å². The molecule has 0 aliphatic carbocycles. The third-order valence-electron chi connectivity index (χ3n) is 4.83. The van der Waals surface area contributed by atoms with Gasteiger partial charge in [-0.3, -0.25) is 0 Å². The Kier molecular flexibility index (Phi) is 3.91. The van der Waals surface area contributed by atoms with E-state index in [0.29, 0.717) is 18.2 Å². The zero-order valence-corrected chi connectivity index (χ0v) is 16.6. The molecule has 0 spiro atoms. The number of aryl methyl sites for hydroxylation is 3. The van der Waals surface area contributed by atoms with Crippen LogP contribution in [0, 0.1) is 20.8 Å². The van der Waals surface area contributed by atoms with Crippen LogP contribution in [-0.2, 0) is 6.61 Å². The molecule has 6 nitrogen and oxygen atoms in total. The van der Waals surface area contributed by atoms with Gasteiger partial charge in [-0.2, -0.15) is 9.61 Å². The van der Waals surface area contributed by atoms with Crippen LogP contribution in [-0.4, -0.2) is 19.8 Å². The zero-order valence-electron chi connectivity index (χ0n) is 15.8. The third kappa shape index (κ3) is 2.66. The van der Waals surface area contributed by atoms with Crippen molar-refractivity contribution >= 4 is 27.3 Å². The van der Waals surface area contributed by atoms with Crippen molar-refractivity contribution in [2.75, 3.05) is 0 Å². The molecule has 3 heterocycles. The molecule has 0 radical (unpaired) electrons. The smallest absolute Gasteiger partial charge is 0.235 e. The lowest BCUT2D eigenvalue weighted by Gasteiger charge is -2.10. The number of rotatable bonds is 4. The van der Waals surface area contributed by atoms with Crippen LogP contribution < -0.4 is 4.74 Å². The van der Waals surface area contributed by atoms with Crippen molar-refractivity contribution < 1.29 is 9.15 Å². The minimum absolute atomic E-state index is 0.387. The van der Waals surface area contributed by atoms with E-state index in [1.807, 2.05) is 63.2 Å². The molecular weight excluding hydrogens is 372 g/mol. The summed E-state index contributed by atoms with van der Waals surface area (Å²) in [5.74, 6) is 2.21. The fraction of sp³-hybridized carbons (Fsp3) is 0.190. The lowest BCUT2D eigenvalue weighted by Crippen LogP contribution is -2.00. The van der Waals surface area contributed by atoms with Gasteiger partial charge in [0.1, 0.15) is 17.9 Å². The van der Waals surface area contributed by atoms with E-state index in [-0.39, 0.29) is 0 Å². The average Bonchev–Trinajstić information content (AvgIpc) is 3.35. The van der Waals surface area contributed by atoms with Crippen molar-refractivity contribution in [1.82, 2.24) is 19.8 Å². The molecule has 140 valence electrons.